The Balaban J connectivity index is 1.82. The highest BCUT2D eigenvalue weighted by Gasteiger charge is 2.25. The number of aromatic hydroxyl groups is 2. The molecule has 8 heteroatoms. The summed E-state index contributed by atoms with van der Waals surface area (Å²) in [6.45, 7) is 3.13. The summed E-state index contributed by atoms with van der Waals surface area (Å²) in [5.74, 6) is -0.914. The number of phenols is 2. The normalized spacial score (nSPS) is 13.8. The Kier molecular flexibility index (Phi) is 7.22. The summed E-state index contributed by atoms with van der Waals surface area (Å²) >= 11 is 0. The van der Waals surface area contributed by atoms with Crippen LogP contribution in [0.25, 0.3) is 0 Å². The third-order valence-electron chi connectivity index (χ3n) is 3.99. The molecule has 0 aromatic heterocycles. The molecule has 0 fully saturated rings. The van der Waals surface area contributed by atoms with Gasteiger partial charge in [-0.15, -0.1) is 0 Å². The van der Waals surface area contributed by atoms with Crippen LogP contribution < -0.4 is 10.5 Å². The molecule has 0 aliphatic carbocycles. The van der Waals surface area contributed by atoms with Gasteiger partial charge in [-0.25, -0.2) is 4.79 Å². The van der Waals surface area contributed by atoms with Gasteiger partial charge in [0.1, 0.15) is 24.0 Å². The molecule has 1 unspecified atom stereocenters. The summed E-state index contributed by atoms with van der Waals surface area (Å²) < 4.78 is 15.4. The second-order valence-electron chi connectivity index (χ2n) is 6.26. The average molecular weight is 389 g/mol. The van der Waals surface area contributed by atoms with Crippen LogP contribution in [0.5, 0.6) is 17.2 Å². The first-order valence-electron chi connectivity index (χ1n) is 8.66. The van der Waals surface area contributed by atoms with Gasteiger partial charge in [0.25, 0.3) is 0 Å². The van der Waals surface area contributed by atoms with Gasteiger partial charge in [-0.05, 0) is 50.1 Å². The Hall–Kier alpha value is -3.26. The van der Waals surface area contributed by atoms with Gasteiger partial charge in [-0.3, -0.25) is 4.79 Å². The molecule has 8 nitrogen and oxygen atoms in total. The van der Waals surface area contributed by atoms with Gasteiger partial charge in [0, 0.05) is 0 Å². The fourth-order valence-electron chi connectivity index (χ4n) is 2.26. The van der Waals surface area contributed by atoms with E-state index in [0.29, 0.717) is 11.3 Å². The van der Waals surface area contributed by atoms with Crippen LogP contribution in [0.3, 0.4) is 0 Å². The zero-order valence-corrected chi connectivity index (χ0v) is 15.6. The summed E-state index contributed by atoms with van der Waals surface area (Å²) in [5.41, 5.74) is 6.40. The lowest BCUT2D eigenvalue weighted by atomic mass is 10.1. The molecular formula is C20H23NO7. The van der Waals surface area contributed by atoms with Crippen LogP contribution in [0.1, 0.15) is 19.4 Å². The van der Waals surface area contributed by atoms with Crippen molar-refractivity contribution in [1.82, 2.24) is 0 Å². The molecule has 2 aromatic carbocycles. The second kappa shape index (κ2) is 9.61. The van der Waals surface area contributed by atoms with Crippen molar-refractivity contribution >= 4 is 12.1 Å². The minimum absolute atomic E-state index is 0.102. The fourth-order valence-corrected chi connectivity index (χ4v) is 2.26. The number of para-hydroxylation sites is 1. The molecule has 4 N–H and O–H groups in total. The van der Waals surface area contributed by atoms with E-state index in [2.05, 4.69) is 0 Å². The summed E-state index contributed by atoms with van der Waals surface area (Å²) in [5, 5.41) is 18.8. The number of rotatable bonds is 7. The predicted molar refractivity (Wildman–Crippen MR) is 100 cm³/mol. The van der Waals surface area contributed by atoms with Crippen LogP contribution in [0.4, 0.5) is 4.79 Å². The minimum atomic E-state index is -0.991. The summed E-state index contributed by atoms with van der Waals surface area (Å²) in [4.78, 5) is 24.0. The number of carbonyl (C=O) groups excluding carboxylic acids is 2. The van der Waals surface area contributed by atoms with Crippen molar-refractivity contribution in [3.05, 3.63) is 54.1 Å². The van der Waals surface area contributed by atoms with Crippen molar-refractivity contribution in [1.29, 1.82) is 0 Å². The molecule has 0 radical (unpaired) electrons. The fraction of sp³-hybridized carbons (Fsp3) is 0.300. The lowest BCUT2D eigenvalue weighted by Gasteiger charge is -2.22. The Bertz CT molecular complexity index is 809. The van der Waals surface area contributed by atoms with E-state index in [-0.39, 0.29) is 17.9 Å². The molecule has 0 bridgehead atoms. The average Bonchev–Trinajstić information content (AvgIpc) is 2.65. The number of benzene rings is 2. The Labute approximate surface area is 162 Å². The monoisotopic (exact) mass is 389 g/mol. The first-order chi connectivity index (χ1) is 13.3. The molecular weight excluding hydrogens is 366 g/mol. The Morgan fingerprint density at radius 3 is 2.25 bits per heavy atom. The summed E-state index contributed by atoms with van der Waals surface area (Å²) in [6, 6.07) is 11.6. The van der Waals surface area contributed by atoms with Gasteiger partial charge in [-0.1, -0.05) is 24.3 Å². The molecule has 0 saturated heterocycles. The van der Waals surface area contributed by atoms with Crippen molar-refractivity contribution < 1.29 is 34.0 Å². The van der Waals surface area contributed by atoms with Crippen molar-refractivity contribution in [2.24, 2.45) is 5.73 Å². The lowest BCUT2D eigenvalue weighted by molar-refractivity contribution is -0.155. The van der Waals surface area contributed by atoms with Crippen LogP contribution in [-0.2, 0) is 20.7 Å². The molecule has 0 amide bonds. The van der Waals surface area contributed by atoms with E-state index in [9.17, 15) is 19.8 Å². The molecule has 0 heterocycles. The Morgan fingerprint density at radius 2 is 1.61 bits per heavy atom. The van der Waals surface area contributed by atoms with Gasteiger partial charge in [-0.2, -0.15) is 0 Å². The van der Waals surface area contributed by atoms with Crippen molar-refractivity contribution in [3.8, 4) is 17.2 Å². The number of carbonyl (C=O) groups is 2. The first kappa shape index (κ1) is 21.0. The summed E-state index contributed by atoms with van der Waals surface area (Å²) in [6.07, 6.45) is -2.32. The van der Waals surface area contributed by atoms with E-state index < -0.39 is 30.4 Å². The number of hydrogen-bond acceptors (Lipinski definition) is 8. The van der Waals surface area contributed by atoms with E-state index >= 15 is 0 Å². The molecule has 0 aliphatic rings. The van der Waals surface area contributed by atoms with Gasteiger partial charge in [0.2, 0.25) is 0 Å². The van der Waals surface area contributed by atoms with Crippen molar-refractivity contribution in [3.63, 3.8) is 0 Å². The highest BCUT2D eigenvalue weighted by atomic mass is 16.7. The van der Waals surface area contributed by atoms with E-state index in [0.717, 1.165) is 0 Å². The molecule has 3 atom stereocenters. The zero-order valence-electron chi connectivity index (χ0n) is 15.6. The highest BCUT2D eigenvalue weighted by Crippen LogP contribution is 2.25. The largest absolute Gasteiger partial charge is 0.514 e. The molecule has 0 saturated carbocycles. The van der Waals surface area contributed by atoms with Crippen molar-refractivity contribution in [2.75, 3.05) is 0 Å². The zero-order chi connectivity index (χ0) is 20.7. The van der Waals surface area contributed by atoms with Crippen LogP contribution in [-0.4, -0.2) is 40.6 Å². The maximum absolute atomic E-state index is 12.2. The van der Waals surface area contributed by atoms with E-state index in [1.807, 2.05) is 0 Å². The van der Waals surface area contributed by atoms with Crippen LogP contribution in [0, 0.1) is 0 Å². The molecule has 0 spiro atoms. The molecule has 28 heavy (non-hydrogen) atoms. The maximum Gasteiger partial charge on any atom is 0.514 e. The first-order valence-corrected chi connectivity index (χ1v) is 8.66. The van der Waals surface area contributed by atoms with E-state index in [4.69, 9.17) is 19.9 Å². The van der Waals surface area contributed by atoms with Crippen LogP contribution in [0.2, 0.25) is 0 Å². The van der Waals surface area contributed by atoms with Gasteiger partial charge >= 0.3 is 12.1 Å². The molecule has 150 valence electrons. The number of hydrogen-bond donors (Lipinski definition) is 3. The number of esters is 1. The second-order valence-corrected chi connectivity index (χ2v) is 6.26. The maximum atomic E-state index is 12.2. The topological polar surface area (TPSA) is 128 Å². The number of nitrogens with two attached hydrogens (primary N) is 1. The third kappa shape index (κ3) is 6.17. The lowest BCUT2D eigenvalue weighted by Crippen LogP contribution is -2.39. The molecule has 0 aliphatic heterocycles. The third-order valence-corrected chi connectivity index (χ3v) is 3.99. The van der Waals surface area contributed by atoms with Gasteiger partial charge in [0.15, 0.2) is 11.5 Å². The van der Waals surface area contributed by atoms with E-state index in [1.54, 1.807) is 44.2 Å². The van der Waals surface area contributed by atoms with Crippen LogP contribution >= 0.6 is 0 Å². The quantitative estimate of drug-likeness (QED) is 0.374. The van der Waals surface area contributed by atoms with Crippen molar-refractivity contribution in [2.45, 2.75) is 38.5 Å². The summed E-state index contributed by atoms with van der Waals surface area (Å²) in [7, 11) is 0. The molecule has 2 aromatic rings. The predicted octanol–water partition coefficient (Wildman–Crippen LogP) is 2.50. The standard InChI is InChI=1S/C20H23NO7/c1-12(13(2)27-20(25)28-15-6-4-3-5-7-15)26-19(24)16(21)10-14-8-9-17(22)18(23)11-14/h3-9,11-13,16,22-23H,10,21H2,1-2H3/t12-,13?,16-/m0/s1. The van der Waals surface area contributed by atoms with Gasteiger partial charge in [0.05, 0.1) is 0 Å². The van der Waals surface area contributed by atoms with E-state index in [1.165, 1.54) is 18.2 Å². The SMILES string of the molecule is CC(OC(=O)Oc1ccccc1)[C@H](C)OC(=O)[C@@H](N)Cc1ccc(O)c(O)c1. The van der Waals surface area contributed by atoms with Crippen LogP contribution in [0.15, 0.2) is 48.5 Å². The smallest absolute Gasteiger partial charge is 0.504 e. The molecule has 2 rings (SSSR count). The number of phenolic OH excluding ortho intramolecular Hbond substituents is 2. The highest BCUT2D eigenvalue weighted by molar-refractivity contribution is 5.76. The minimum Gasteiger partial charge on any atom is -0.504 e. The van der Waals surface area contributed by atoms with Gasteiger partial charge < -0.3 is 30.2 Å². The number of ether oxygens (including phenoxy) is 3. The Morgan fingerprint density at radius 1 is 0.964 bits per heavy atom.